The van der Waals surface area contributed by atoms with E-state index in [0.717, 1.165) is 6.20 Å². The molecule has 5 nitrogen and oxygen atoms in total. The van der Waals surface area contributed by atoms with E-state index in [1.165, 1.54) is 0 Å². The molecule has 0 spiro atoms. The first kappa shape index (κ1) is 17.5. The standard InChI is InChI=1S/C13H9BrF3NO4S/c14-10-11(22-23(20,21)13(15,16)17)9(7-18-12(10)19)6-8-4-2-1-3-5-8/h1-5,7H,6H2,(H,18,19). The summed E-state index contributed by atoms with van der Waals surface area (Å²) in [7, 11) is -5.89. The predicted octanol–water partition coefficient (Wildman–Crippen LogP) is 2.96. The average molecular weight is 412 g/mol. The van der Waals surface area contributed by atoms with Crippen LogP contribution >= 0.6 is 15.9 Å². The lowest BCUT2D eigenvalue weighted by Gasteiger charge is -2.14. The molecule has 124 valence electrons. The fraction of sp³-hybridized carbons (Fsp3) is 0.154. The first-order valence-electron chi connectivity index (χ1n) is 6.06. The minimum absolute atomic E-state index is 0.0684. The first-order chi connectivity index (χ1) is 10.6. The lowest BCUT2D eigenvalue weighted by Crippen LogP contribution is -2.29. The van der Waals surface area contributed by atoms with Crippen LogP contribution in [0.4, 0.5) is 13.2 Å². The van der Waals surface area contributed by atoms with E-state index in [4.69, 9.17) is 0 Å². The molecule has 0 unspecified atom stereocenters. The molecule has 0 aliphatic carbocycles. The van der Waals surface area contributed by atoms with Crippen molar-refractivity contribution in [2.45, 2.75) is 11.9 Å². The van der Waals surface area contributed by atoms with Crippen molar-refractivity contribution < 1.29 is 25.8 Å². The van der Waals surface area contributed by atoms with E-state index < -0.39 is 31.4 Å². The summed E-state index contributed by atoms with van der Waals surface area (Å²) in [5, 5.41) is 0. The highest BCUT2D eigenvalue weighted by molar-refractivity contribution is 9.10. The van der Waals surface area contributed by atoms with Crippen LogP contribution in [0.1, 0.15) is 11.1 Å². The van der Waals surface area contributed by atoms with E-state index in [1.807, 2.05) is 0 Å². The third kappa shape index (κ3) is 3.94. The van der Waals surface area contributed by atoms with Crippen LogP contribution in [0.3, 0.4) is 0 Å². The van der Waals surface area contributed by atoms with Gasteiger partial charge >= 0.3 is 15.6 Å². The molecule has 0 radical (unpaired) electrons. The van der Waals surface area contributed by atoms with Gasteiger partial charge in [-0.2, -0.15) is 21.6 Å². The number of H-pyrrole nitrogens is 1. The van der Waals surface area contributed by atoms with Crippen LogP contribution in [0.25, 0.3) is 0 Å². The molecule has 2 aromatic rings. The van der Waals surface area contributed by atoms with Gasteiger partial charge in [-0.25, -0.2) is 0 Å². The van der Waals surface area contributed by atoms with Crippen molar-refractivity contribution in [1.82, 2.24) is 4.98 Å². The Morgan fingerprint density at radius 3 is 2.35 bits per heavy atom. The van der Waals surface area contributed by atoms with Crippen molar-refractivity contribution >= 4 is 26.0 Å². The van der Waals surface area contributed by atoms with Crippen LogP contribution in [0, 0.1) is 0 Å². The van der Waals surface area contributed by atoms with E-state index in [1.54, 1.807) is 30.3 Å². The maximum absolute atomic E-state index is 12.5. The Kier molecular flexibility index (Phi) is 4.85. The van der Waals surface area contributed by atoms with Crippen molar-refractivity contribution in [2.75, 3.05) is 0 Å². The second kappa shape index (κ2) is 6.36. The summed E-state index contributed by atoms with van der Waals surface area (Å²) in [5.74, 6) is -0.685. The normalized spacial score (nSPS) is 12.2. The number of pyridine rings is 1. The van der Waals surface area contributed by atoms with E-state index in [9.17, 15) is 26.4 Å². The monoisotopic (exact) mass is 411 g/mol. The number of aromatic amines is 1. The highest BCUT2D eigenvalue weighted by Gasteiger charge is 2.49. The number of halogens is 4. The number of rotatable bonds is 4. The molecule has 1 aromatic carbocycles. The van der Waals surface area contributed by atoms with Gasteiger partial charge in [0.1, 0.15) is 4.47 Å². The van der Waals surface area contributed by atoms with Crippen LogP contribution in [0.2, 0.25) is 0 Å². The Morgan fingerprint density at radius 2 is 1.78 bits per heavy atom. The Morgan fingerprint density at radius 1 is 1.17 bits per heavy atom. The predicted molar refractivity (Wildman–Crippen MR) is 79.6 cm³/mol. The highest BCUT2D eigenvalue weighted by atomic mass is 79.9. The Balaban J connectivity index is 2.49. The van der Waals surface area contributed by atoms with Crippen molar-refractivity contribution in [3.05, 3.63) is 62.5 Å². The Labute approximate surface area is 137 Å². The van der Waals surface area contributed by atoms with Gasteiger partial charge in [-0.05, 0) is 21.5 Å². The third-order valence-electron chi connectivity index (χ3n) is 2.78. The minimum Gasteiger partial charge on any atom is -0.374 e. The summed E-state index contributed by atoms with van der Waals surface area (Å²) in [6.07, 6.45) is 1.18. The fourth-order valence-corrected chi connectivity index (χ4v) is 2.78. The van der Waals surface area contributed by atoms with Gasteiger partial charge in [0.15, 0.2) is 5.75 Å². The van der Waals surface area contributed by atoms with E-state index in [-0.39, 0.29) is 12.0 Å². The van der Waals surface area contributed by atoms with Crippen molar-refractivity contribution in [1.29, 1.82) is 0 Å². The van der Waals surface area contributed by atoms with Crippen molar-refractivity contribution in [3.63, 3.8) is 0 Å². The van der Waals surface area contributed by atoms with Crippen LogP contribution in [-0.4, -0.2) is 18.9 Å². The van der Waals surface area contributed by atoms with Crippen LogP contribution in [-0.2, 0) is 16.5 Å². The first-order valence-corrected chi connectivity index (χ1v) is 8.26. The SMILES string of the molecule is O=c1[nH]cc(Cc2ccccc2)c(OS(=O)(=O)C(F)(F)F)c1Br. The molecule has 1 aromatic heterocycles. The van der Waals surface area contributed by atoms with Gasteiger partial charge in [-0.3, -0.25) is 4.79 Å². The van der Waals surface area contributed by atoms with Gasteiger partial charge in [-0.1, -0.05) is 30.3 Å². The molecule has 1 N–H and O–H groups in total. The molecule has 0 atom stereocenters. The molecule has 0 saturated carbocycles. The molecule has 0 fully saturated rings. The second-order valence-corrected chi connectivity index (χ2v) is 6.76. The van der Waals surface area contributed by atoms with Crippen molar-refractivity contribution in [2.24, 2.45) is 0 Å². The number of nitrogens with one attached hydrogen (secondary N) is 1. The smallest absolute Gasteiger partial charge is 0.374 e. The lowest BCUT2D eigenvalue weighted by atomic mass is 10.1. The molecule has 2 rings (SSSR count). The van der Waals surface area contributed by atoms with Gasteiger partial charge < -0.3 is 9.17 Å². The largest absolute Gasteiger partial charge is 0.534 e. The van der Waals surface area contributed by atoms with Gasteiger partial charge in [0.05, 0.1) is 0 Å². The molecule has 0 aliphatic rings. The third-order valence-corrected chi connectivity index (χ3v) is 4.46. The summed E-state index contributed by atoms with van der Waals surface area (Å²) < 4.78 is 63.6. The number of hydrogen-bond acceptors (Lipinski definition) is 4. The van der Waals surface area contributed by atoms with Gasteiger partial charge in [-0.15, -0.1) is 0 Å². The summed E-state index contributed by atoms with van der Waals surface area (Å²) in [6.45, 7) is 0. The Hall–Kier alpha value is -1.81. The zero-order chi connectivity index (χ0) is 17.3. The average Bonchev–Trinajstić information content (AvgIpc) is 2.46. The molecule has 23 heavy (non-hydrogen) atoms. The summed E-state index contributed by atoms with van der Waals surface area (Å²) >= 11 is 2.76. The Bertz CT molecular complexity index is 863. The maximum atomic E-state index is 12.5. The molecule has 0 saturated heterocycles. The number of hydrogen-bond donors (Lipinski definition) is 1. The van der Waals surface area contributed by atoms with Crippen LogP contribution < -0.4 is 9.74 Å². The maximum Gasteiger partial charge on any atom is 0.534 e. The van der Waals surface area contributed by atoms with E-state index in [0.29, 0.717) is 5.56 Å². The summed E-state index contributed by atoms with van der Waals surface area (Å²) in [5.41, 5.74) is -5.63. The zero-order valence-electron chi connectivity index (χ0n) is 11.2. The molecule has 1 heterocycles. The molecule has 0 aliphatic heterocycles. The fourth-order valence-electron chi connectivity index (χ4n) is 1.72. The second-order valence-electron chi connectivity index (χ2n) is 4.43. The van der Waals surface area contributed by atoms with Crippen LogP contribution in [0.5, 0.6) is 5.75 Å². The molecular formula is C13H9BrF3NO4S. The van der Waals surface area contributed by atoms with E-state index >= 15 is 0 Å². The van der Waals surface area contributed by atoms with Gasteiger partial charge in [0, 0.05) is 18.2 Å². The van der Waals surface area contributed by atoms with Gasteiger partial charge in [0.25, 0.3) is 5.56 Å². The quantitative estimate of drug-likeness (QED) is 0.619. The van der Waals surface area contributed by atoms with Crippen molar-refractivity contribution in [3.8, 4) is 5.75 Å². The molecule has 0 bridgehead atoms. The lowest BCUT2D eigenvalue weighted by molar-refractivity contribution is -0.0500. The zero-order valence-corrected chi connectivity index (χ0v) is 13.6. The summed E-state index contributed by atoms with van der Waals surface area (Å²) in [4.78, 5) is 13.8. The molecular weight excluding hydrogens is 403 g/mol. The summed E-state index contributed by atoms with van der Waals surface area (Å²) in [6, 6.07) is 8.56. The molecule has 10 heteroatoms. The van der Waals surface area contributed by atoms with Crippen LogP contribution in [0.15, 0.2) is 45.8 Å². The topological polar surface area (TPSA) is 76.2 Å². The minimum atomic E-state index is -5.89. The van der Waals surface area contributed by atoms with E-state index in [2.05, 4.69) is 25.1 Å². The highest BCUT2D eigenvalue weighted by Crippen LogP contribution is 2.33. The number of benzene rings is 1. The number of alkyl halides is 3. The van der Waals surface area contributed by atoms with Gasteiger partial charge in [0.2, 0.25) is 0 Å². The number of aromatic nitrogens is 1. The molecule has 0 amide bonds.